The molecule has 1 atom stereocenters. The van der Waals surface area contributed by atoms with Crippen molar-refractivity contribution in [1.82, 2.24) is 0 Å². The van der Waals surface area contributed by atoms with Gasteiger partial charge in [0.05, 0.1) is 0 Å². The van der Waals surface area contributed by atoms with Gasteiger partial charge >= 0.3 is 0 Å². The monoisotopic (exact) mass is 154 g/mol. The molecule has 0 amide bonds. The summed E-state index contributed by atoms with van der Waals surface area (Å²) >= 11 is 0. The second kappa shape index (κ2) is 2.78. The van der Waals surface area contributed by atoms with E-state index < -0.39 is 5.67 Å². The second-order valence-corrected chi connectivity index (χ2v) is 2.44. The molecule has 0 heterocycles. The summed E-state index contributed by atoms with van der Waals surface area (Å²) in [6.07, 6.45) is 4.64. The van der Waals surface area contributed by atoms with Crippen LogP contribution in [0.2, 0.25) is 0 Å². The Morgan fingerprint density at radius 3 is 2.82 bits per heavy atom. The third-order valence-corrected chi connectivity index (χ3v) is 1.51. The van der Waals surface area contributed by atoms with Crippen LogP contribution in [0.15, 0.2) is 23.8 Å². The molecule has 0 radical (unpaired) electrons. The molecular formula is C8H7FO2. The number of carbonyl (C=O) groups excluding carboxylic acids is 2. The Balaban J connectivity index is 2.84. The number of hydrogen-bond acceptors (Lipinski definition) is 2. The highest BCUT2D eigenvalue weighted by Gasteiger charge is 2.28. The van der Waals surface area contributed by atoms with Crippen LogP contribution < -0.4 is 0 Å². The zero-order valence-electron chi connectivity index (χ0n) is 5.79. The van der Waals surface area contributed by atoms with E-state index >= 15 is 0 Å². The van der Waals surface area contributed by atoms with Gasteiger partial charge in [-0.25, -0.2) is 4.39 Å². The van der Waals surface area contributed by atoms with Crippen LogP contribution in [-0.4, -0.2) is 18.2 Å². The van der Waals surface area contributed by atoms with Gasteiger partial charge in [-0.05, 0) is 11.6 Å². The first-order chi connectivity index (χ1) is 5.20. The molecule has 0 aromatic heterocycles. The van der Waals surface area contributed by atoms with E-state index in [1.165, 1.54) is 12.2 Å². The van der Waals surface area contributed by atoms with Crippen molar-refractivity contribution >= 4 is 12.6 Å². The molecule has 1 unspecified atom stereocenters. The molecule has 0 saturated carbocycles. The molecule has 2 nitrogen and oxygen atoms in total. The van der Waals surface area contributed by atoms with E-state index in [4.69, 9.17) is 0 Å². The Hall–Kier alpha value is -1.25. The van der Waals surface area contributed by atoms with E-state index in [0.717, 1.165) is 6.08 Å². The Bertz CT molecular complexity index is 242. The fourth-order valence-electron chi connectivity index (χ4n) is 0.924. The fourth-order valence-corrected chi connectivity index (χ4v) is 0.924. The third kappa shape index (κ3) is 1.61. The lowest BCUT2D eigenvalue weighted by Gasteiger charge is -2.16. The van der Waals surface area contributed by atoms with Crippen molar-refractivity contribution in [3.63, 3.8) is 0 Å². The summed E-state index contributed by atoms with van der Waals surface area (Å²) in [7, 11) is 0. The van der Waals surface area contributed by atoms with Gasteiger partial charge in [0.2, 0.25) is 0 Å². The zero-order valence-corrected chi connectivity index (χ0v) is 5.79. The molecule has 0 saturated heterocycles. The average molecular weight is 154 g/mol. The molecule has 0 aromatic rings. The molecule has 11 heavy (non-hydrogen) atoms. The van der Waals surface area contributed by atoms with Crippen LogP contribution in [0.1, 0.15) is 6.42 Å². The van der Waals surface area contributed by atoms with Gasteiger partial charge in [0.1, 0.15) is 6.29 Å². The summed E-state index contributed by atoms with van der Waals surface area (Å²) in [6.45, 7) is 0. The van der Waals surface area contributed by atoms with Crippen molar-refractivity contribution in [2.45, 2.75) is 12.1 Å². The first kappa shape index (κ1) is 7.85. The molecule has 58 valence electrons. The maximum Gasteiger partial charge on any atom is 0.188 e. The first-order valence-corrected chi connectivity index (χ1v) is 3.19. The van der Waals surface area contributed by atoms with Crippen LogP contribution in [0.25, 0.3) is 0 Å². The van der Waals surface area contributed by atoms with Gasteiger partial charge in [-0.3, -0.25) is 9.59 Å². The number of allylic oxidation sites excluding steroid dienone is 4. The van der Waals surface area contributed by atoms with Crippen LogP contribution in [0.3, 0.4) is 0 Å². The molecular weight excluding hydrogens is 147 g/mol. The maximum absolute atomic E-state index is 13.1. The van der Waals surface area contributed by atoms with Gasteiger partial charge in [-0.2, -0.15) is 0 Å². The van der Waals surface area contributed by atoms with Crippen molar-refractivity contribution in [2.75, 3.05) is 0 Å². The summed E-state index contributed by atoms with van der Waals surface area (Å²) in [4.78, 5) is 20.4. The normalized spacial score (nSPS) is 29.4. The minimum absolute atomic E-state index is 0.142. The lowest BCUT2D eigenvalue weighted by Crippen LogP contribution is -2.24. The molecule has 1 aliphatic rings. The average Bonchev–Trinajstić information content (AvgIpc) is 2.05. The number of aldehydes is 2. The van der Waals surface area contributed by atoms with Crippen LogP contribution >= 0.6 is 0 Å². The number of rotatable bonds is 2. The predicted molar refractivity (Wildman–Crippen MR) is 37.8 cm³/mol. The lowest BCUT2D eigenvalue weighted by molar-refractivity contribution is -0.115. The lowest BCUT2D eigenvalue weighted by atomic mass is 9.93. The molecule has 0 aliphatic heterocycles. The Morgan fingerprint density at radius 1 is 1.55 bits per heavy atom. The van der Waals surface area contributed by atoms with Crippen molar-refractivity contribution < 1.29 is 14.0 Å². The highest BCUT2D eigenvalue weighted by molar-refractivity contribution is 5.79. The molecule has 0 spiro atoms. The summed E-state index contributed by atoms with van der Waals surface area (Å²) in [5, 5.41) is 0. The van der Waals surface area contributed by atoms with E-state index in [-0.39, 0.29) is 12.7 Å². The van der Waals surface area contributed by atoms with Gasteiger partial charge in [0, 0.05) is 6.42 Å². The largest absolute Gasteiger partial charge is 0.299 e. The molecule has 3 heteroatoms. The SMILES string of the molecule is O=CC1=CC=CC(F)(C=O)C1. The molecule has 0 N–H and O–H groups in total. The summed E-state index contributed by atoms with van der Waals surface area (Å²) in [5.41, 5.74) is -1.66. The van der Waals surface area contributed by atoms with Crippen LogP contribution in [-0.2, 0) is 9.59 Å². The minimum atomic E-state index is -1.97. The van der Waals surface area contributed by atoms with Gasteiger partial charge < -0.3 is 0 Å². The van der Waals surface area contributed by atoms with E-state index in [9.17, 15) is 14.0 Å². The Kier molecular flexibility index (Phi) is 1.98. The van der Waals surface area contributed by atoms with Gasteiger partial charge in [-0.15, -0.1) is 0 Å². The van der Waals surface area contributed by atoms with Gasteiger partial charge in [-0.1, -0.05) is 12.2 Å². The van der Waals surface area contributed by atoms with E-state index in [1.54, 1.807) is 0 Å². The quantitative estimate of drug-likeness (QED) is 0.555. The van der Waals surface area contributed by atoms with Gasteiger partial charge in [0.25, 0.3) is 0 Å². The summed E-state index contributed by atoms with van der Waals surface area (Å²) in [5.74, 6) is 0. The van der Waals surface area contributed by atoms with Crippen molar-refractivity contribution in [3.05, 3.63) is 23.8 Å². The van der Waals surface area contributed by atoms with Crippen LogP contribution in [0, 0.1) is 0 Å². The highest BCUT2D eigenvalue weighted by Crippen LogP contribution is 2.23. The number of halogens is 1. The molecule has 1 aliphatic carbocycles. The van der Waals surface area contributed by atoms with Crippen molar-refractivity contribution in [1.29, 1.82) is 0 Å². The van der Waals surface area contributed by atoms with E-state index in [1.807, 2.05) is 0 Å². The van der Waals surface area contributed by atoms with Crippen LogP contribution in [0.5, 0.6) is 0 Å². The zero-order chi connectivity index (χ0) is 8.32. The highest BCUT2D eigenvalue weighted by atomic mass is 19.1. The predicted octanol–water partition coefficient (Wildman–Crippen LogP) is 0.979. The van der Waals surface area contributed by atoms with Crippen molar-refractivity contribution in [2.24, 2.45) is 0 Å². The standard InChI is InChI=1S/C8H7FO2/c9-8(6-11)3-1-2-7(4-8)5-10/h1-3,5-6H,4H2. The summed E-state index contributed by atoms with van der Waals surface area (Å²) in [6, 6.07) is 0. The van der Waals surface area contributed by atoms with Crippen LogP contribution in [0.4, 0.5) is 4.39 Å². The fraction of sp³-hybridized carbons (Fsp3) is 0.250. The summed E-state index contributed by atoms with van der Waals surface area (Å²) < 4.78 is 13.1. The first-order valence-electron chi connectivity index (χ1n) is 3.19. The molecule has 0 aromatic carbocycles. The molecule has 0 fully saturated rings. The number of hydrogen-bond donors (Lipinski definition) is 0. The number of carbonyl (C=O) groups is 2. The molecule has 0 bridgehead atoms. The third-order valence-electron chi connectivity index (χ3n) is 1.51. The van der Waals surface area contributed by atoms with E-state index in [0.29, 0.717) is 11.9 Å². The van der Waals surface area contributed by atoms with Gasteiger partial charge in [0.15, 0.2) is 12.0 Å². The smallest absolute Gasteiger partial charge is 0.188 e. The Labute approximate surface area is 63.4 Å². The van der Waals surface area contributed by atoms with E-state index in [2.05, 4.69) is 0 Å². The van der Waals surface area contributed by atoms with Crippen molar-refractivity contribution in [3.8, 4) is 0 Å². The number of alkyl halides is 1. The maximum atomic E-state index is 13.1. The molecule has 1 rings (SSSR count). The Morgan fingerprint density at radius 2 is 2.27 bits per heavy atom. The topological polar surface area (TPSA) is 34.1 Å². The second-order valence-electron chi connectivity index (χ2n) is 2.44. The minimum Gasteiger partial charge on any atom is -0.299 e.